The summed E-state index contributed by atoms with van der Waals surface area (Å²) in [5, 5.41) is 2.92. The zero-order valence-corrected chi connectivity index (χ0v) is 14.6. The van der Waals surface area contributed by atoms with E-state index < -0.39 is 0 Å². The van der Waals surface area contributed by atoms with Gasteiger partial charge in [0.15, 0.2) is 11.5 Å². The lowest BCUT2D eigenvalue weighted by molar-refractivity contribution is -0.116. The predicted octanol–water partition coefficient (Wildman–Crippen LogP) is 4.36. The Morgan fingerprint density at radius 1 is 0.958 bits per heavy atom. The molecule has 4 heteroatoms. The van der Waals surface area contributed by atoms with Crippen LogP contribution in [-0.2, 0) is 11.2 Å². The summed E-state index contributed by atoms with van der Waals surface area (Å²) in [6, 6.07) is 13.7. The first-order valence-electron chi connectivity index (χ1n) is 8.37. The summed E-state index contributed by atoms with van der Waals surface area (Å²) in [5.41, 5.74) is 3.11. The molecule has 0 bridgehead atoms. The quantitative estimate of drug-likeness (QED) is 0.783. The highest BCUT2D eigenvalue weighted by Crippen LogP contribution is 2.30. The first-order chi connectivity index (χ1) is 11.6. The van der Waals surface area contributed by atoms with Gasteiger partial charge < -0.3 is 14.8 Å². The summed E-state index contributed by atoms with van der Waals surface area (Å²) in [5.74, 6) is 1.33. The Morgan fingerprint density at radius 2 is 1.62 bits per heavy atom. The van der Waals surface area contributed by atoms with Gasteiger partial charge in [-0.25, -0.2) is 0 Å². The van der Waals surface area contributed by atoms with E-state index in [1.807, 2.05) is 26.0 Å². The highest BCUT2D eigenvalue weighted by molar-refractivity contribution is 5.91. The maximum absolute atomic E-state index is 12.1. The van der Waals surface area contributed by atoms with Gasteiger partial charge in [-0.15, -0.1) is 0 Å². The fourth-order valence-corrected chi connectivity index (χ4v) is 2.36. The molecule has 0 aliphatic rings. The van der Waals surface area contributed by atoms with Crippen molar-refractivity contribution in [2.45, 2.75) is 33.6 Å². The van der Waals surface area contributed by atoms with Gasteiger partial charge in [-0.2, -0.15) is 0 Å². The van der Waals surface area contributed by atoms with Gasteiger partial charge in [0.25, 0.3) is 0 Å². The molecule has 1 amide bonds. The van der Waals surface area contributed by atoms with Gasteiger partial charge >= 0.3 is 0 Å². The minimum absolute atomic E-state index is 0.0119. The lowest BCUT2D eigenvalue weighted by Gasteiger charge is -2.13. The van der Waals surface area contributed by atoms with E-state index >= 15 is 0 Å². The Balaban J connectivity index is 1.95. The SMILES string of the molecule is CCOc1ccc(NC(=O)CCc2ccc(C)cc2)cc1OCC. The van der Waals surface area contributed by atoms with Crippen molar-refractivity contribution in [1.29, 1.82) is 0 Å². The summed E-state index contributed by atoms with van der Waals surface area (Å²) in [6.45, 7) is 7.02. The van der Waals surface area contributed by atoms with E-state index in [2.05, 4.69) is 36.5 Å². The largest absolute Gasteiger partial charge is 0.490 e. The summed E-state index contributed by atoms with van der Waals surface area (Å²) in [6.07, 6.45) is 1.17. The Kier molecular flexibility index (Phi) is 6.67. The average Bonchev–Trinajstić information content (AvgIpc) is 2.57. The molecular weight excluding hydrogens is 302 g/mol. The van der Waals surface area contributed by atoms with Crippen LogP contribution in [0.25, 0.3) is 0 Å². The Bertz CT molecular complexity index is 665. The van der Waals surface area contributed by atoms with Crippen molar-refractivity contribution < 1.29 is 14.3 Å². The van der Waals surface area contributed by atoms with E-state index in [0.717, 1.165) is 17.7 Å². The van der Waals surface area contributed by atoms with Crippen molar-refractivity contribution >= 4 is 11.6 Å². The fraction of sp³-hybridized carbons (Fsp3) is 0.350. The number of ether oxygens (including phenoxy) is 2. The van der Waals surface area contributed by atoms with Crippen molar-refractivity contribution in [2.24, 2.45) is 0 Å². The number of hydrogen-bond donors (Lipinski definition) is 1. The summed E-state index contributed by atoms with van der Waals surface area (Å²) < 4.78 is 11.1. The van der Waals surface area contributed by atoms with Crippen molar-refractivity contribution in [3.05, 3.63) is 53.6 Å². The number of carbonyl (C=O) groups is 1. The third-order valence-corrected chi connectivity index (χ3v) is 3.59. The molecule has 2 aromatic rings. The van der Waals surface area contributed by atoms with Crippen molar-refractivity contribution in [2.75, 3.05) is 18.5 Å². The van der Waals surface area contributed by atoms with Gasteiger partial charge in [0.1, 0.15) is 0 Å². The number of rotatable bonds is 8. The number of amides is 1. The maximum Gasteiger partial charge on any atom is 0.224 e. The van der Waals surface area contributed by atoms with Gasteiger partial charge in [0, 0.05) is 18.2 Å². The van der Waals surface area contributed by atoms with E-state index in [-0.39, 0.29) is 5.91 Å². The second-order valence-electron chi connectivity index (χ2n) is 5.56. The first kappa shape index (κ1) is 17.9. The molecule has 1 N–H and O–H groups in total. The third-order valence-electron chi connectivity index (χ3n) is 3.59. The molecule has 128 valence electrons. The molecule has 0 saturated heterocycles. The van der Waals surface area contributed by atoms with Crippen molar-refractivity contribution in [3.63, 3.8) is 0 Å². The number of anilines is 1. The summed E-state index contributed by atoms with van der Waals surface area (Å²) >= 11 is 0. The van der Waals surface area contributed by atoms with Crippen LogP contribution >= 0.6 is 0 Å². The second kappa shape index (κ2) is 8.96. The summed E-state index contributed by atoms with van der Waals surface area (Å²) in [7, 11) is 0. The average molecular weight is 327 g/mol. The molecule has 0 aromatic heterocycles. The molecule has 2 aromatic carbocycles. The number of aryl methyl sites for hydroxylation is 2. The molecule has 0 atom stereocenters. The zero-order valence-electron chi connectivity index (χ0n) is 14.6. The first-order valence-corrected chi connectivity index (χ1v) is 8.37. The van der Waals surface area contributed by atoms with Gasteiger partial charge in [-0.05, 0) is 44.9 Å². The van der Waals surface area contributed by atoms with Gasteiger partial charge in [0.05, 0.1) is 13.2 Å². The smallest absolute Gasteiger partial charge is 0.224 e. The molecule has 0 unspecified atom stereocenters. The molecule has 0 spiro atoms. The second-order valence-corrected chi connectivity index (χ2v) is 5.56. The monoisotopic (exact) mass is 327 g/mol. The Morgan fingerprint density at radius 3 is 2.29 bits per heavy atom. The van der Waals surface area contributed by atoms with Crippen LogP contribution < -0.4 is 14.8 Å². The van der Waals surface area contributed by atoms with E-state index in [4.69, 9.17) is 9.47 Å². The highest BCUT2D eigenvalue weighted by atomic mass is 16.5. The van der Waals surface area contributed by atoms with Crippen molar-refractivity contribution in [3.8, 4) is 11.5 Å². The van der Waals surface area contributed by atoms with Crippen LogP contribution in [0.2, 0.25) is 0 Å². The predicted molar refractivity (Wildman–Crippen MR) is 96.9 cm³/mol. The van der Waals surface area contributed by atoms with Gasteiger partial charge in [0.2, 0.25) is 5.91 Å². The molecule has 24 heavy (non-hydrogen) atoms. The molecule has 2 rings (SSSR count). The van der Waals surface area contributed by atoms with E-state index in [1.165, 1.54) is 5.56 Å². The minimum Gasteiger partial charge on any atom is -0.490 e. The van der Waals surface area contributed by atoms with Crippen LogP contribution in [0.1, 0.15) is 31.4 Å². The van der Waals surface area contributed by atoms with Crippen molar-refractivity contribution in [1.82, 2.24) is 0 Å². The molecular formula is C20H25NO3. The molecule has 0 saturated carbocycles. The Labute approximate surface area is 143 Å². The molecule has 0 fully saturated rings. The van der Waals surface area contributed by atoms with Crippen LogP contribution in [0.5, 0.6) is 11.5 Å². The number of nitrogens with one attached hydrogen (secondary N) is 1. The van der Waals surface area contributed by atoms with Crippen LogP contribution in [0.4, 0.5) is 5.69 Å². The Hall–Kier alpha value is -2.49. The fourth-order valence-electron chi connectivity index (χ4n) is 2.36. The van der Waals surface area contributed by atoms with Crippen LogP contribution in [-0.4, -0.2) is 19.1 Å². The molecule has 0 heterocycles. The van der Waals surface area contributed by atoms with E-state index in [1.54, 1.807) is 6.07 Å². The molecule has 4 nitrogen and oxygen atoms in total. The standard InChI is InChI=1S/C20H25NO3/c1-4-23-18-12-11-17(14-19(18)24-5-2)21-20(22)13-10-16-8-6-15(3)7-9-16/h6-9,11-12,14H,4-5,10,13H2,1-3H3,(H,21,22). The molecule has 0 radical (unpaired) electrons. The maximum atomic E-state index is 12.1. The third kappa shape index (κ3) is 5.30. The minimum atomic E-state index is -0.0119. The molecule has 0 aliphatic carbocycles. The lowest BCUT2D eigenvalue weighted by atomic mass is 10.1. The topological polar surface area (TPSA) is 47.6 Å². The number of hydrogen-bond acceptors (Lipinski definition) is 3. The van der Waals surface area contributed by atoms with Gasteiger partial charge in [-0.3, -0.25) is 4.79 Å². The van der Waals surface area contributed by atoms with Gasteiger partial charge in [-0.1, -0.05) is 29.8 Å². The van der Waals surface area contributed by atoms with E-state index in [9.17, 15) is 4.79 Å². The van der Waals surface area contributed by atoms with Crippen LogP contribution in [0.15, 0.2) is 42.5 Å². The highest BCUT2D eigenvalue weighted by Gasteiger charge is 2.09. The van der Waals surface area contributed by atoms with Crippen LogP contribution in [0, 0.1) is 6.92 Å². The van der Waals surface area contributed by atoms with Crippen LogP contribution in [0.3, 0.4) is 0 Å². The normalized spacial score (nSPS) is 10.3. The number of carbonyl (C=O) groups excluding carboxylic acids is 1. The summed E-state index contributed by atoms with van der Waals surface area (Å²) in [4.78, 5) is 12.1. The molecule has 0 aliphatic heterocycles. The zero-order chi connectivity index (χ0) is 17.4. The number of benzene rings is 2. The van der Waals surface area contributed by atoms with E-state index in [0.29, 0.717) is 31.1 Å². The lowest BCUT2D eigenvalue weighted by Crippen LogP contribution is -2.12.